The number of nitrogens with zero attached hydrogens (tertiary/aromatic N) is 2. The van der Waals surface area contributed by atoms with Crippen molar-refractivity contribution in [1.29, 1.82) is 0 Å². The van der Waals surface area contributed by atoms with Gasteiger partial charge in [0.05, 0.1) is 5.56 Å². The normalized spacial score (nSPS) is 10.8. The van der Waals surface area contributed by atoms with E-state index in [1.54, 1.807) is 39.5 Å². The fourth-order valence-electron chi connectivity index (χ4n) is 3.26. The smallest absolute Gasteiger partial charge is 0.346 e. The molecule has 2 N–H and O–H groups in total. The van der Waals surface area contributed by atoms with Crippen molar-refractivity contribution < 1.29 is 24.4 Å². The van der Waals surface area contributed by atoms with E-state index in [2.05, 4.69) is 6.58 Å². The highest BCUT2D eigenvalue weighted by molar-refractivity contribution is 5.80. The molecule has 0 fully saturated rings. The van der Waals surface area contributed by atoms with Crippen molar-refractivity contribution >= 4 is 29.0 Å². The summed E-state index contributed by atoms with van der Waals surface area (Å²) in [5.74, 6) is -1.44. The lowest BCUT2D eigenvalue weighted by molar-refractivity contribution is -0.649. The summed E-state index contributed by atoms with van der Waals surface area (Å²) in [6.07, 6.45) is 1.71. The van der Waals surface area contributed by atoms with Gasteiger partial charge in [-0.15, -0.1) is 0 Å². The number of hydrogen-bond donors (Lipinski definition) is 2. The number of aromatic nitrogens is 2. The molecule has 3 rings (SSSR count). The van der Waals surface area contributed by atoms with Crippen molar-refractivity contribution in [2.24, 2.45) is 0 Å². The topological polar surface area (TPSA) is 83.4 Å². The molecule has 0 aliphatic rings. The predicted molar refractivity (Wildman–Crippen MR) is 97.7 cm³/mol. The van der Waals surface area contributed by atoms with E-state index in [1.807, 2.05) is 25.1 Å². The van der Waals surface area contributed by atoms with Crippen LogP contribution in [-0.2, 0) is 22.7 Å². The molecule has 1 heterocycles. The molecular formula is C20H19N2O4+. The van der Waals surface area contributed by atoms with Crippen LogP contribution in [0.1, 0.15) is 11.1 Å². The molecule has 0 saturated carbocycles. The number of imidazole rings is 1. The maximum atomic E-state index is 11.5. The predicted octanol–water partition coefficient (Wildman–Crippen LogP) is 2.72. The van der Waals surface area contributed by atoms with Gasteiger partial charge in [0, 0.05) is 0 Å². The first-order valence-corrected chi connectivity index (χ1v) is 8.10. The maximum Gasteiger partial charge on any atom is 0.346 e. The maximum absolute atomic E-state index is 11.5. The summed E-state index contributed by atoms with van der Waals surface area (Å²) in [6, 6.07) is 13.0. The molecule has 0 aliphatic carbocycles. The van der Waals surface area contributed by atoms with Gasteiger partial charge in [0.15, 0.2) is 24.1 Å². The zero-order valence-corrected chi connectivity index (χ0v) is 14.3. The number of rotatable bonds is 6. The average molecular weight is 351 g/mol. The first kappa shape index (κ1) is 17.4. The van der Waals surface area contributed by atoms with Gasteiger partial charge in [-0.1, -0.05) is 30.9 Å². The van der Waals surface area contributed by atoms with Gasteiger partial charge < -0.3 is 10.2 Å². The lowest BCUT2D eigenvalue weighted by Gasteiger charge is -2.06. The molecule has 0 amide bonds. The number of carboxylic acid groups (broad SMARTS) is 2. The van der Waals surface area contributed by atoms with E-state index in [0.717, 1.165) is 16.7 Å². The van der Waals surface area contributed by atoms with Crippen LogP contribution in [0.25, 0.3) is 28.5 Å². The number of para-hydroxylation sites is 2. The molecule has 0 bridgehead atoms. The van der Waals surface area contributed by atoms with Crippen LogP contribution in [0.3, 0.4) is 0 Å². The van der Waals surface area contributed by atoms with Gasteiger partial charge in [0.2, 0.25) is 0 Å². The summed E-state index contributed by atoms with van der Waals surface area (Å²) < 4.78 is 3.28. The number of carboxylic acids is 2. The van der Waals surface area contributed by atoms with Crippen molar-refractivity contribution in [3.8, 4) is 11.4 Å². The van der Waals surface area contributed by atoms with E-state index in [4.69, 9.17) is 0 Å². The van der Waals surface area contributed by atoms with Crippen LogP contribution in [-0.4, -0.2) is 26.7 Å². The molecule has 6 heteroatoms. The van der Waals surface area contributed by atoms with Crippen molar-refractivity contribution in [3.63, 3.8) is 0 Å². The second kappa shape index (κ2) is 6.84. The Morgan fingerprint density at radius 3 is 2.54 bits per heavy atom. The molecule has 0 spiro atoms. The van der Waals surface area contributed by atoms with Crippen LogP contribution in [0.2, 0.25) is 0 Å². The third kappa shape index (κ3) is 3.21. The molecule has 1 aromatic heterocycles. The first-order valence-electron chi connectivity index (χ1n) is 8.10. The summed E-state index contributed by atoms with van der Waals surface area (Å²) in [6.45, 7) is 5.19. The molecule has 3 aromatic rings. The van der Waals surface area contributed by atoms with Gasteiger partial charge in [-0.25, -0.2) is 18.7 Å². The SMILES string of the molecule is C=Cc1cc(C)cc(-c2n(CC(=O)O)c3ccccc3[n+]2CC(=O)O)c1. The molecule has 6 nitrogen and oxygen atoms in total. The first-order chi connectivity index (χ1) is 12.4. The number of fused-ring (bicyclic) bond motifs is 1. The van der Waals surface area contributed by atoms with Crippen molar-refractivity contribution in [2.75, 3.05) is 0 Å². The number of aliphatic carboxylic acids is 2. The number of hydrogen-bond acceptors (Lipinski definition) is 2. The van der Waals surface area contributed by atoms with Crippen molar-refractivity contribution in [2.45, 2.75) is 20.0 Å². The minimum absolute atomic E-state index is 0.264. The van der Waals surface area contributed by atoms with E-state index in [1.165, 1.54) is 0 Å². The Morgan fingerprint density at radius 1 is 1.15 bits per heavy atom. The van der Waals surface area contributed by atoms with Crippen LogP contribution >= 0.6 is 0 Å². The number of carbonyl (C=O) groups is 2. The second-order valence-electron chi connectivity index (χ2n) is 6.11. The molecule has 2 aromatic carbocycles. The monoisotopic (exact) mass is 351 g/mol. The molecule has 0 saturated heterocycles. The van der Waals surface area contributed by atoms with E-state index in [0.29, 0.717) is 16.9 Å². The van der Waals surface area contributed by atoms with Crippen molar-refractivity contribution in [1.82, 2.24) is 4.57 Å². The molecular weight excluding hydrogens is 332 g/mol. The summed E-state index contributed by atoms with van der Waals surface area (Å²) in [5.41, 5.74) is 3.96. The lowest BCUT2D eigenvalue weighted by Crippen LogP contribution is -2.40. The Balaban J connectivity index is 2.41. The van der Waals surface area contributed by atoms with Crippen molar-refractivity contribution in [3.05, 3.63) is 60.2 Å². The fourth-order valence-corrected chi connectivity index (χ4v) is 3.26. The summed E-state index contributed by atoms with van der Waals surface area (Å²) >= 11 is 0. The van der Waals surface area contributed by atoms with Gasteiger partial charge in [0.1, 0.15) is 0 Å². The molecule has 0 aliphatic heterocycles. The van der Waals surface area contributed by atoms with Crippen LogP contribution in [0.15, 0.2) is 49.0 Å². The standard InChI is InChI=1S/C20H18N2O4/c1-3-14-8-13(2)9-15(10-14)20-21(11-18(23)24)16-6-4-5-7-17(16)22(20)12-19(25)26/h3-10H,1,11-12H2,2H3,(H-,23,24,25,26)/p+1. The fraction of sp³-hybridized carbons (Fsp3) is 0.150. The Labute approximate surface area is 150 Å². The molecule has 26 heavy (non-hydrogen) atoms. The third-order valence-corrected chi connectivity index (χ3v) is 4.15. The average Bonchev–Trinajstić information content (AvgIpc) is 2.87. The second-order valence-corrected chi connectivity index (χ2v) is 6.11. The quantitative estimate of drug-likeness (QED) is 0.669. The Bertz CT molecular complexity index is 981. The number of benzene rings is 2. The Morgan fingerprint density at radius 2 is 1.88 bits per heavy atom. The summed E-state index contributed by atoms with van der Waals surface area (Å²) in [4.78, 5) is 22.9. The molecule has 132 valence electrons. The van der Waals surface area contributed by atoms with E-state index < -0.39 is 11.9 Å². The van der Waals surface area contributed by atoms with Crippen LogP contribution in [0.4, 0.5) is 0 Å². The highest BCUT2D eigenvalue weighted by Gasteiger charge is 2.29. The van der Waals surface area contributed by atoms with Gasteiger partial charge in [-0.05, 0) is 42.3 Å². The highest BCUT2D eigenvalue weighted by Crippen LogP contribution is 2.26. The van der Waals surface area contributed by atoms with Gasteiger partial charge >= 0.3 is 11.9 Å². The lowest BCUT2D eigenvalue weighted by atomic mass is 10.1. The Kier molecular flexibility index (Phi) is 4.58. The van der Waals surface area contributed by atoms with Crippen LogP contribution in [0, 0.1) is 6.92 Å². The van der Waals surface area contributed by atoms with E-state index in [9.17, 15) is 19.8 Å². The highest BCUT2D eigenvalue weighted by atomic mass is 16.4. The molecule has 0 atom stereocenters. The van der Waals surface area contributed by atoms with Gasteiger partial charge in [0.25, 0.3) is 5.82 Å². The Hall–Kier alpha value is -3.41. The zero-order valence-electron chi connectivity index (χ0n) is 14.3. The molecule has 0 radical (unpaired) electrons. The minimum Gasteiger partial charge on any atom is -0.478 e. The summed E-state index contributed by atoms with van der Waals surface area (Å²) in [5, 5.41) is 18.8. The zero-order chi connectivity index (χ0) is 18.8. The van der Waals surface area contributed by atoms with Crippen LogP contribution in [0.5, 0.6) is 0 Å². The largest absolute Gasteiger partial charge is 0.478 e. The van der Waals surface area contributed by atoms with E-state index in [-0.39, 0.29) is 13.1 Å². The summed E-state index contributed by atoms with van der Waals surface area (Å²) in [7, 11) is 0. The van der Waals surface area contributed by atoms with Crippen LogP contribution < -0.4 is 4.57 Å². The minimum atomic E-state index is -0.994. The van der Waals surface area contributed by atoms with Gasteiger partial charge in [-0.3, -0.25) is 0 Å². The molecule has 0 unspecified atom stereocenters. The number of aryl methyl sites for hydroxylation is 1. The van der Waals surface area contributed by atoms with Gasteiger partial charge in [-0.2, -0.15) is 0 Å². The van der Waals surface area contributed by atoms with E-state index >= 15 is 0 Å². The third-order valence-electron chi connectivity index (χ3n) is 4.15.